The lowest BCUT2D eigenvalue weighted by molar-refractivity contribution is -0.380. The van der Waals surface area contributed by atoms with Gasteiger partial charge < -0.3 is 9.30 Å². The molecule has 0 fully saturated rings. The molecule has 0 bridgehead atoms. The van der Waals surface area contributed by atoms with Gasteiger partial charge in [0.1, 0.15) is 13.2 Å². The van der Waals surface area contributed by atoms with Crippen LogP contribution < -0.4 is 5.43 Å². The largest absolute Gasteiger partial charge is 0.459 e. The Balaban J connectivity index is 1.64. The maximum atomic E-state index is 12.7. The second kappa shape index (κ2) is 7.24. The molecule has 2 aromatic carbocycles. The highest BCUT2D eigenvalue weighted by Gasteiger charge is 2.15. The van der Waals surface area contributed by atoms with Crippen LogP contribution in [0.5, 0.6) is 0 Å². The minimum Gasteiger partial charge on any atom is -0.459 e. The second-order valence-corrected chi connectivity index (χ2v) is 7.05. The highest BCUT2D eigenvalue weighted by molar-refractivity contribution is 7.13. The molecule has 0 N–H and O–H groups in total. The van der Waals surface area contributed by atoms with Gasteiger partial charge in [0.2, 0.25) is 0 Å². The number of nitrogens with zero attached hydrogens (tertiary/aromatic N) is 2. The number of ether oxygens (including phenoxy) is 1. The number of nitro groups is 1. The number of aromatic nitrogens is 1. The monoisotopic (exact) mass is 394 g/mol. The first-order valence-electron chi connectivity index (χ1n) is 8.42. The van der Waals surface area contributed by atoms with Crippen LogP contribution in [0.15, 0.2) is 64.8 Å². The number of hydrogen-bond donors (Lipinski definition) is 0. The standard InChI is InChI=1S/C20H14N2O5S/c23-19(27-11-13-9-18(22(25)26)28-12-13)10-21-16-7-3-1-5-14(16)20(24)15-6-2-4-8-17(15)21/h1-9,12H,10-11H2. The van der Waals surface area contributed by atoms with E-state index in [1.807, 2.05) is 12.1 Å². The Morgan fingerprint density at radius 2 is 1.68 bits per heavy atom. The number of rotatable bonds is 5. The summed E-state index contributed by atoms with van der Waals surface area (Å²) in [4.78, 5) is 35.4. The predicted molar refractivity (Wildman–Crippen MR) is 106 cm³/mol. The number of hydrogen-bond acceptors (Lipinski definition) is 6. The number of carbonyl (C=O) groups is 1. The summed E-state index contributed by atoms with van der Waals surface area (Å²) in [6, 6.07) is 15.6. The molecule has 0 saturated carbocycles. The molecule has 28 heavy (non-hydrogen) atoms. The Morgan fingerprint density at radius 3 is 2.25 bits per heavy atom. The highest BCUT2D eigenvalue weighted by Crippen LogP contribution is 2.23. The molecular weight excluding hydrogens is 380 g/mol. The van der Waals surface area contributed by atoms with Crippen LogP contribution in [0.1, 0.15) is 5.56 Å². The molecule has 2 heterocycles. The molecule has 8 heteroatoms. The summed E-state index contributed by atoms with van der Waals surface area (Å²) in [6.07, 6.45) is 0. The average Bonchev–Trinajstić information content (AvgIpc) is 3.19. The van der Waals surface area contributed by atoms with Gasteiger partial charge in [0, 0.05) is 27.8 Å². The number of carbonyl (C=O) groups excluding carboxylic acids is 1. The van der Waals surface area contributed by atoms with Crippen molar-refractivity contribution in [3.8, 4) is 0 Å². The van der Waals surface area contributed by atoms with Crippen LogP contribution in [0, 0.1) is 10.1 Å². The van der Waals surface area contributed by atoms with Crippen molar-refractivity contribution in [3.05, 3.63) is 85.9 Å². The van der Waals surface area contributed by atoms with Gasteiger partial charge in [0.25, 0.3) is 0 Å². The van der Waals surface area contributed by atoms with Crippen LogP contribution in [0.4, 0.5) is 5.00 Å². The predicted octanol–water partition coefficient (Wildman–Crippen LogP) is 3.87. The average molecular weight is 394 g/mol. The van der Waals surface area contributed by atoms with Crippen molar-refractivity contribution in [2.75, 3.05) is 0 Å². The fourth-order valence-electron chi connectivity index (χ4n) is 3.12. The zero-order chi connectivity index (χ0) is 19.7. The molecule has 0 aliphatic carbocycles. The van der Waals surface area contributed by atoms with Gasteiger partial charge in [-0.1, -0.05) is 35.6 Å². The molecule has 2 aromatic heterocycles. The van der Waals surface area contributed by atoms with E-state index in [0.717, 1.165) is 11.3 Å². The number of benzene rings is 2. The third kappa shape index (κ3) is 3.25. The molecule has 140 valence electrons. The van der Waals surface area contributed by atoms with Crippen molar-refractivity contribution < 1.29 is 14.5 Å². The van der Waals surface area contributed by atoms with Crippen LogP contribution >= 0.6 is 11.3 Å². The molecule has 0 atom stereocenters. The zero-order valence-electron chi connectivity index (χ0n) is 14.5. The number of para-hydroxylation sites is 2. The smallest absolute Gasteiger partial charge is 0.326 e. The maximum Gasteiger partial charge on any atom is 0.326 e. The van der Waals surface area contributed by atoms with E-state index >= 15 is 0 Å². The van der Waals surface area contributed by atoms with Crippen molar-refractivity contribution in [1.82, 2.24) is 4.57 Å². The summed E-state index contributed by atoms with van der Waals surface area (Å²) in [7, 11) is 0. The molecule has 4 aromatic rings. The van der Waals surface area contributed by atoms with Gasteiger partial charge in [-0.2, -0.15) is 0 Å². The molecule has 0 saturated heterocycles. The molecule has 0 unspecified atom stereocenters. The summed E-state index contributed by atoms with van der Waals surface area (Å²) in [5, 5.41) is 13.4. The quantitative estimate of drug-likeness (QED) is 0.222. The van der Waals surface area contributed by atoms with Crippen molar-refractivity contribution in [2.24, 2.45) is 0 Å². The van der Waals surface area contributed by atoms with Crippen molar-refractivity contribution in [3.63, 3.8) is 0 Å². The Hall–Kier alpha value is -3.52. The van der Waals surface area contributed by atoms with Crippen molar-refractivity contribution in [2.45, 2.75) is 13.2 Å². The van der Waals surface area contributed by atoms with E-state index in [0.29, 0.717) is 27.4 Å². The Bertz CT molecular complexity index is 1210. The van der Waals surface area contributed by atoms with E-state index in [1.54, 1.807) is 46.3 Å². The van der Waals surface area contributed by atoms with Crippen LogP contribution in [0.25, 0.3) is 21.8 Å². The number of esters is 1. The van der Waals surface area contributed by atoms with Crippen molar-refractivity contribution >= 4 is 44.1 Å². The summed E-state index contributed by atoms with van der Waals surface area (Å²) >= 11 is 0.988. The summed E-state index contributed by atoms with van der Waals surface area (Å²) < 4.78 is 7.05. The first-order chi connectivity index (χ1) is 13.5. The van der Waals surface area contributed by atoms with Crippen LogP contribution in [-0.4, -0.2) is 15.5 Å². The zero-order valence-corrected chi connectivity index (χ0v) is 15.3. The minimum atomic E-state index is -0.493. The van der Waals surface area contributed by atoms with Gasteiger partial charge in [0.15, 0.2) is 5.43 Å². The molecule has 0 radical (unpaired) electrons. The molecule has 0 aliphatic heterocycles. The molecule has 0 amide bonds. The van der Waals surface area contributed by atoms with Crippen LogP contribution in [0.2, 0.25) is 0 Å². The van der Waals surface area contributed by atoms with Gasteiger partial charge in [-0.25, -0.2) is 0 Å². The molecular formula is C20H14N2O5S. The highest BCUT2D eigenvalue weighted by atomic mass is 32.1. The molecule has 0 spiro atoms. The Morgan fingerprint density at radius 1 is 1.07 bits per heavy atom. The van der Waals surface area contributed by atoms with Crippen LogP contribution in [-0.2, 0) is 22.7 Å². The molecule has 0 aliphatic rings. The lowest BCUT2D eigenvalue weighted by atomic mass is 10.1. The number of pyridine rings is 1. The fourth-order valence-corrected chi connectivity index (χ4v) is 3.83. The van der Waals surface area contributed by atoms with Gasteiger partial charge >= 0.3 is 11.0 Å². The first kappa shape index (κ1) is 17.9. The van der Waals surface area contributed by atoms with Gasteiger partial charge in [-0.05, 0) is 24.3 Å². The first-order valence-corrected chi connectivity index (χ1v) is 9.30. The van der Waals surface area contributed by atoms with E-state index in [1.165, 1.54) is 6.07 Å². The third-order valence-electron chi connectivity index (χ3n) is 4.39. The van der Waals surface area contributed by atoms with Crippen LogP contribution in [0.3, 0.4) is 0 Å². The molecule has 7 nitrogen and oxygen atoms in total. The summed E-state index contributed by atoms with van der Waals surface area (Å²) in [5.74, 6) is -0.493. The van der Waals surface area contributed by atoms with Gasteiger partial charge in [-0.15, -0.1) is 0 Å². The minimum absolute atomic E-state index is 0.00319. The topological polar surface area (TPSA) is 91.4 Å². The number of thiophene rings is 1. The number of fused-ring (bicyclic) bond motifs is 2. The van der Waals surface area contributed by atoms with E-state index in [-0.39, 0.29) is 23.6 Å². The summed E-state index contributed by atoms with van der Waals surface area (Å²) in [5.41, 5.74) is 1.78. The van der Waals surface area contributed by atoms with Gasteiger partial charge in [0.05, 0.1) is 16.0 Å². The van der Waals surface area contributed by atoms with Crippen molar-refractivity contribution in [1.29, 1.82) is 0 Å². The lowest BCUT2D eigenvalue weighted by Crippen LogP contribution is -2.18. The maximum absolute atomic E-state index is 12.7. The normalized spacial score (nSPS) is 11.0. The van der Waals surface area contributed by atoms with E-state index in [9.17, 15) is 19.7 Å². The van der Waals surface area contributed by atoms with Gasteiger partial charge in [-0.3, -0.25) is 19.7 Å². The summed E-state index contributed by atoms with van der Waals surface area (Å²) in [6.45, 7) is -0.118. The van der Waals surface area contributed by atoms with E-state index in [4.69, 9.17) is 4.74 Å². The SMILES string of the molecule is O=C(Cn1c2ccccc2c(=O)c2ccccc21)OCc1csc([N+](=O)[O-])c1. The fraction of sp³-hybridized carbons (Fsp3) is 0.100. The lowest BCUT2D eigenvalue weighted by Gasteiger charge is -2.14. The second-order valence-electron chi connectivity index (χ2n) is 6.16. The molecule has 4 rings (SSSR count). The third-order valence-corrected chi connectivity index (χ3v) is 5.31. The van der Waals surface area contributed by atoms with E-state index in [2.05, 4.69) is 0 Å². The Labute approximate surface area is 162 Å². The Kier molecular flexibility index (Phi) is 4.62. The van der Waals surface area contributed by atoms with E-state index < -0.39 is 10.9 Å².